The van der Waals surface area contributed by atoms with Gasteiger partial charge in [0.1, 0.15) is 5.60 Å². The zero-order valence-corrected chi connectivity index (χ0v) is 13.9. The van der Waals surface area contributed by atoms with Gasteiger partial charge in [0, 0.05) is 18.7 Å². The molecule has 23 heavy (non-hydrogen) atoms. The van der Waals surface area contributed by atoms with E-state index >= 15 is 0 Å². The maximum Gasteiger partial charge on any atom is 0.414 e. The first-order valence-corrected chi connectivity index (χ1v) is 7.63. The molecule has 0 fully saturated rings. The fraction of sp³-hybridized carbons (Fsp3) is 0.471. The number of carbonyl (C=O) groups is 1. The third-order valence-electron chi connectivity index (χ3n) is 3.49. The van der Waals surface area contributed by atoms with E-state index in [2.05, 4.69) is 6.92 Å². The molecule has 2 rings (SSSR count). The van der Waals surface area contributed by atoms with Gasteiger partial charge in [0.25, 0.3) is 5.69 Å². The maximum atomic E-state index is 12.5. The first-order chi connectivity index (χ1) is 10.7. The number of allylic oxidation sites excluding steroid dienone is 1. The first-order valence-electron chi connectivity index (χ1n) is 7.63. The SMILES string of the molecule is C[C@H]1CC=C(c2ccc([N+](=O)[O-])cc2)N(C(=O)OC(C)(C)C)C1. The van der Waals surface area contributed by atoms with Crippen molar-refractivity contribution in [3.8, 4) is 0 Å². The largest absolute Gasteiger partial charge is 0.443 e. The molecule has 1 aromatic rings. The number of amides is 1. The monoisotopic (exact) mass is 318 g/mol. The Morgan fingerprint density at radius 3 is 2.43 bits per heavy atom. The van der Waals surface area contributed by atoms with Crippen LogP contribution in [0.3, 0.4) is 0 Å². The molecule has 0 unspecified atom stereocenters. The second kappa shape index (κ2) is 6.40. The zero-order valence-electron chi connectivity index (χ0n) is 13.9. The Hall–Kier alpha value is -2.37. The van der Waals surface area contributed by atoms with E-state index in [9.17, 15) is 14.9 Å². The van der Waals surface area contributed by atoms with Gasteiger partial charge in [-0.3, -0.25) is 15.0 Å². The second-order valence-corrected chi connectivity index (χ2v) is 6.83. The number of nitro benzene ring substituents is 1. The summed E-state index contributed by atoms with van der Waals surface area (Å²) in [6.07, 6.45) is 2.44. The first kappa shape index (κ1) is 17.0. The van der Waals surface area contributed by atoms with E-state index in [-0.39, 0.29) is 5.69 Å². The Kier molecular flexibility index (Phi) is 4.73. The number of hydrogen-bond donors (Lipinski definition) is 0. The highest BCUT2D eigenvalue weighted by molar-refractivity contribution is 5.83. The molecule has 1 amide bonds. The highest BCUT2D eigenvalue weighted by atomic mass is 16.6. The summed E-state index contributed by atoms with van der Waals surface area (Å²) in [6, 6.07) is 6.22. The van der Waals surface area contributed by atoms with Crippen molar-refractivity contribution in [2.75, 3.05) is 6.54 Å². The third kappa shape index (κ3) is 4.31. The van der Waals surface area contributed by atoms with Crippen LogP contribution in [0.4, 0.5) is 10.5 Å². The number of non-ortho nitro benzene ring substituents is 1. The van der Waals surface area contributed by atoms with Crippen LogP contribution in [0.2, 0.25) is 0 Å². The topological polar surface area (TPSA) is 72.7 Å². The summed E-state index contributed by atoms with van der Waals surface area (Å²) in [5.74, 6) is 0.337. The summed E-state index contributed by atoms with van der Waals surface area (Å²) in [4.78, 5) is 24.4. The third-order valence-corrected chi connectivity index (χ3v) is 3.49. The molecule has 0 spiro atoms. The minimum absolute atomic E-state index is 0.0299. The van der Waals surface area contributed by atoms with Crippen LogP contribution in [0, 0.1) is 16.0 Å². The lowest BCUT2D eigenvalue weighted by Crippen LogP contribution is -2.39. The minimum Gasteiger partial charge on any atom is -0.443 e. The summed E-state index contributed by atoms with van der Waals surface area (Å²) in [7, 11) is 0. The van der Waals surface area contributed by atoms with Crippen LogP contribution in [-0.2, 0) is 4.74 Å². The lowest BCUT2D eigenvalue weighted by atomic mass is 9.98. The minimum atomic E-state index is -0.571. The zero-order chi connectivity index (χ0) is 17.2. The molecule has 0 saturated carbocycles. The van der Waals surface area contributed by atoms with Crippen LogP contribution in [-0.4, -0.2) is 28.1 Å². The van der Waals surface area contributed by atoms with Gasteiger partial charge in [0.05, 0.1) is 10.6 Å². The molecule has 0 aromatic heterocycles. The molecule has 124 valence electrons. The summed E-state index contributed by atoms with van der Waals surface area (Å²) < 4.78 is 5.48. The number of carbonyl (C=O) groups excluding carboxylic acids is 1. The van der Waals surface area contributed by atoms with Crippen LogP contribution in [0.5, 0.6) is 0 Å². The molecule has 1 aliphatic heterocycles. The average Bonchev–Trinajstić information content (AvgIpc) is 2.45. The Morgan fingerprint density at radius 2 is 1.91 bits per heavy atom. The molecule has 1 aliphatic rings. The molecule has 1 aromatic carbocycles. The summed E-state index contributed by atoms with van der Waals surface area (Å²) in [5.41, 5.74) is 0.973. The van der Waals surface area contributed by atoms with Gasteiger partial charge in [-0.05, 0) is 50.8 Å². The summed E-state index contributed by atoms with van der Waals surface area (Å²) >= 11 is 0. The van der Waals surface area contributed by atoms with Crippen LogP contribution in [0.15, 0.2) is 30.3 Å². The number of benzene rings is 1. The predicted octanol–water partition coefficient (Wildman–Crippen LogP) is 4.21. The highest BCUT2D eigenvalue weighted by Crippen LogP contribution is 2.30. The fourth-order valence-electron chi connectivity index (χ4n) is 2.43. The molecule has 1 heterocycles. The molecular weight excluding hydrogens is 296 g/mol. The number of rotatable bonds is 2. The van der Waals surface area contributed by atoms with E-state index in [0.717, 1.165) is 17.7 Å². The van der Waals surface area contributed by atoms with Crippen molar-refractivity contribution >= 4 is 17.5 Å². The second-order valence-electron chi connectivity index (χ2n) is 6.83. The molecule has 6 heteroatoms. The van der Waals surface area contributed by atoms with Gasteiger partial charge < -0.3 is 4.74 Å². The highest BCUT2D eigenvalue weighted by Gasteiger charge is 2.29. The molecule has 0 radical (unpaired) electrons. The smallest absolute Gasteiger partial charge is 0.414 e. The standard InChI is InChI=1S/C17H22N2O4/c1-12-5-10-15(13-6-8-14(9-7-13)19(21)22)18(11-12)16(20)23-17(2,3)4/h6-10,12H,5,11H2,1-4H3/t12-/m0/s1. The van der Waals surface area contributed by atoms with Crippen LogP contribution >= 0.6 is 0 Å². The molecule has 6 nitrogen and oxygen atoms in total. The van der Waals surface area contributed by atoms with E-state index in [4.69, 9.17) is 4.74 Å². The van der Waals surface area contributed by atoms with Crippen molar-refractivity contribution in [2.24, 2.45) is 5.92 Å². The van der Waals surface area contributed by atoms with Gasteiger partial charge >= 0.3 is 6.09 Å². The van der Waals surface area contributed by atoms with Crippen molar-refractivity contribution in [3.05, 3.63) is 46.0 Å². The van der Waals surface area contributed by atoms with E-state index < -0.39 is 16.6 Å². The number of nitro groups is 1. The van der Waals surface area contributed by atoms with E-state index in [0.29, 0.717) is 12.5 Å². The van der Waals surface area contributed by atoms with Gasteiger partial charge in [-0.2, -0.15) is 0 Å². The Balaban J connectivity index is 2.29. The van der Waals surface area contributed by atoms with Gasteiger partial charge in [0.2, 0.25) is 0 Å². The molecule has 0 aliphatic carbocycles. The van der Waals surface area contributed by atoms with E-state index in [1.807, 2.05) is 26.8 Å². The molecule has 0 saturated heterocycles. The molecule has 0 N–H and O–H groups in total. The van der Waals surface area contributed by atoms with Crippen molar-refractivity contribution in [1.29, 1.82) is 0 Å². The number of nitrogens with zero attached hydrogens (tertiary/aromatic N) is 2. The number of hydrogen-bond acceptors (Lipinski definition) is 4. The number of ether oxygens (including phenoxy) is 1. The van der Waals surface area contributed by atoms with E-state index in [1.165, 1.54) is 12.1 Å². The molecule has 1 atom stereocenters. The lowest BCUT2D eigenvalue weighted by Gasteiger charge is -2.33. The van der Waals surface area contributed by atoms with Crippen molar-refractivity contribution in [2.45, 2.75) is 39.7 Å². The Labute approximate surface area is 135 Å². The van der Waals surface area contributed by atoms with Gasteiger partial charge in [-0.15, -0.1) is 0 Å². The van der Waals surface area contributed by atoms with E-state index in [1.54, 1.807) is 17.0 Å². The Bertz CT molecular complexity index is 629. The normalized spacial score (nSPS) is 18.3. The summed E-state index contributed by atoms with van der Waals surface area (Å²) in [5, 5.41) is 10.8. The molecule has 0 bridgehead atoms. The Morgan fingerprint density at radius 1 is 1.30 bits per heavy atom. The van der Waals surface area contributed by atoms with Gasteiger partial charge in [0.15, 0.2) is 0 Å². The summed E-state index contributed by atoms with van der Waals surface area (Å²) in [6.45, 7) is 8.12. The average molecular weight is 318 g/mol. The van der Waals surface area contributed by atoms with Crippen molar-refractivity contribution < 1.29 is 14.5 Å². The predicted molar refractivity (Wildman–Crippen MR) is 87.8 cm³/mol. The van der Waals surface area contributed by atoms with Crippen molar-refractivity contribution in [3.63, 3.8) is 0 Å². The van der Waals surface area contributed by atoms with Crippen LogP contribution in [0.25, 0.3) is 5.70 Å². The fourth-order valence-corrected chi connectivity index (χ4v) is 2.43. The van der Waals surface area contributed by atoms with Gasteiger partial charge in [-0.25, -0.2) is 4.79 Å². The van der Waals surface area contributed by atoms with Crippen LogP contribution < -0.4 is 0 Å². The van der Waals surface area contributed by atoms with Crippen LogP contribution in [0.1, 0.15) is 39.7 Å². The lowest BCUT2D eigenvalue weighted by molar-refractivity contribution is -0.384. The van der Waals surface area contributed by atoms with Crippen molar-refractivity contribution in [1.82, 2.24) is 4.90 Å². The quantitative estimate of drug-likeness (QED) is 0.604. The van der Waals surface area contributed by atoms with Gasteiger partial charge in [-0.1, -0.05) is 13.0 Å². The molecular formula is C17H22N2O4. The maximum absolute atomic E-state index is 12.5.